The maximum atomic E-state index is 4.37. The van der Waals surface area contributed by atoms with Gasteiger partial charge < -0.3 is 0 Å². The first-order chi connectivity index (χ1) is 6.45. The molecule has 1 nitrogen and oxygen atoms in total. The third-order valence-corrected chi connectivity index (χ3v) is 4.31. The maximum absolute atomic E-state index is 4.37. The van der Waals surface area contributed by atoms with Crippen LogP contribution in [0.3, 0.4) is 0 Å². The minimum Gasteiger partial charge on any atom is -0.248 e. The predicted octanol–water partition coefficient (Wildman–Crippen LogP) is 2.64. The molecule has 0 spiro atoms. The molecular weight excluding hydrogens is 254 g/mol. The van der Waals surface area contributed by atoms with Crippen LogP contribution in [-0.2, 0) is 0 Å². The molecule has 0 radical (unpaired) electrons. The molecule has 0 aromatic carbocycles. The maximum Gasteiger partial charge on any atom is 0.116 e. The lowest BCUT2D eigenvalue weighted by atomic mass is 10.2. The topological polar surface area (TPSA) is 12.9 Å². The molecule has 0 saturated heterocycles. The van der Waals surface area contributed by atoms with Crippen LogP contribution in [0.15, 0.2) is 12.3 Å². The van der Waals surface area contributed by atoms with Gasteiger partial charge in [-0.2, -0.15) is 0 Å². The molecule has 0 saturated carbocycles. The molecule has 0 aliphatic carbocycles. The van der Waals surface area contributed by atoms with Crippen molar-refractivity contribution in [1.29, 1.82) is 0 Å². The van der Waals surface area contributed by atoms with Crippen LogP contribution in [0.25, 0.3) is 0 Å². The molecule has 1 heterocycles. The summed E-state index contributed by atoms with van der Waals surface area (Å²) >= 11 is 3.09. The van der Waals surface area contributed by atoms with E-state index < -0.39 is 8.07 Å². The molecule has 74 valence electrons. The summed E-state index contributed by atoms with van der Waals surface area (Å²) in [5.74, 6) is 2.93. The van der Waals surface area contributed by atoms with Crippen molar-refractivity contribution in [2.75, 3.05) is 0 Å². The fraction of sp³-hybridized carbons (Fsp3) is 0.364. The number of pyridine rings is 1. The van der Waals surface area contributed by atoms with Crippen LogP contribution < -0.4 is 5.19 Å². The second kappa shape index (κ2) is 4.29. The smallest absolute Gasteiger partial charge is 0.116 e. The van der Waals surface area contributed by atoms with E-state index >= 15 is 0 Å². The fourth-order valence-electron chi connectivity index (χ4n) is 1.16. The Hall–Kier alpha value is -0.593. The van der Waals surface area contributed by atoms with Gasteiger partial charge in [0.15, 0.2) is 0 Å². The van der Waals surface area contributed by atoms with Crippen molar-refractivity contribution in [1.82, 2.24) is 4.98 Å². The van der Waals surface area contributed by atoms with E-state index in [1.807, 2.05) is 6.20 Å². The number of aryl methyl sites for hydroxylation is 1. The predicted molar refractivity (Wildman–Crippen MR) is 67.8 cm³/mol. The summed E-state index contributed by atoms with van der Waals surface area (Å²) in [6.07, 6.45) is 1.96. The first-order valence-electron chi connectivity index (χ1n) is 4.54. The van der Waals surface area contributed by atoms with Crippen molar-refractivity contribution in [2.24, 2.45) is 0 Å². The molecule has 14 heavy (non-hydrogen) atoms. The minimum absolute atomic E-state index is 0.865. The highest BCUT2D eigenvalue weighted by atomic mass is 79.9. The van der Waals surface area contributed by atoms with Crippen molar-refractivity contribution in [3.8, 4) is 10.8 Å². The minimum atomic E-state index is -1.23. The van der Waals surface area contributed by atoms with Crippen molar-refractivity contribution >= 4 is 29.2 Å². The molecule has 1 aromatic heterocycles. The van der Waals surface area contributed by atoms with Crippen molar-refractivity contribution in [3.05, 3.63) is 23.5 Å². The van der Waals surface area contributed by atoms with Gasteiger partial charge >= 0.3 is 0 Å². The number of hydrogen-bond donors (Lipinski definition) is 0. The van der Waals surface area contributed by atoms with Crippen LogP contribution in [0.5, 0.6) is 0 Å². The first kappa shape index (κ1) is 11.5. The number of aromatic nitrogens is 1. The average Bonchev–Trinajstić information content (AvgIpc) is 2.07. The molecule has 1 aromatic rings. The Balaban J connectivity index is 3.17. The number of hydrogen-bond acceptors (Lipinski definition) is 1. The summed E-state index contributed by atoms with van der Waals surface area (Å²) < 4.78 is 0. The zero-order valence-corrected chi connectivity index (χ0v) is 11.6. The SMILES string of the molecule is Cc1cc([Si](C)(C)C)cnc1C#CBr. The van der Waals surface area contributed by atoms with Crippen molar-refractivity contribution in [2.45, 2.75) is 26.6 Å². The van der Waals surface area contributed by atoms with Gasteiger partial charge in [0.05, 0.1) is 8.07 Å². The second-order valence-electron chi connectivity index (χ2n) is 4.36. The standard InChI is InChI=1S/C11H14BrNSi/c1-9-7-10(14(2,3)4)8-13-11(9)5-6-12/h7-8H,1-4H3. The highest BCUT2D eigenvalue weighted by Gasteiger charge is 2.17. The lowest BCUT2D eigenvalue weighted by Crippen LogP contribution is -2.38. The summed E-state index contributed by atoms with van der Waals surface area (Å²) in [7, 11) is -1.23. The summed E-state index contributed by atoms with van der Waals surface area (Å²) in [6, 6.07) is 2.21. The first-order valence-corrected chi connectivity index (χ1v) is 8.83. The molecule has 0 amide bonds. The van der Waals surface area contributed by atoms with Crippen molar-refractivity contribution < 1.29 is 0 Å². The van der Waals surface area contributed by atoms with E-state index in [1.165, 1.54) is 5.19 Å². The van der Waals surface area contributed by atoms with E-state index in [2.05, 4.69) is 64.3 Å². The summed E-state index contributed by atoms with van der Waals surface area (Å²) in [5.41, 5.74) is 2.03. The average molecular weight is 268 g/mol. The van der Waals surface area contributed by atoms with E-state index in [1.54, 1.807) is 0 Å². The molecule has 0 unspecified atom stereocenters. The molecule has 1 rings (SSSR count). The Morgan fingerprint density at radius 1 is 1.36 bits per heavy atom. The van der Waals surface area contributed by atoms with Gasteiger partial charge in [-0.05, 0) is 28.4 Å². The molecule has 0 aliphatic heterocycles. The Morgan fingerprint density at radius 3 is 2.43 bits per heavy atom. The van der Waals surface area contributed by atoms with Gasteiger partial charge in [0.25, 0.3) is 0 Å². The molecule has 0 aliphatic rings. The molecule has 0 N–H and O–H groups in total. The van der Waals surface area contributed by atoms with Gasteiger partial charge in [0, 0.05) is 22.1 Å². The van der Waals surface area contributed by atoms with Crippen LogP contribution in [0.2, 0.25) is 19.6 Å². The van der Waals surface area contributed by atoms with Crippen molar-refractivity contribution in [3.63, 3.8) is 0 Å². The van der Waals surface area contributed by atoms with E-state index in [0.29, 0.717) is 0 Å². The van der Waals surface area contributed by atoms with Crippen LogP contribution in [-0.4, -0.2) is 13.1 Å². The Labute approximate surface area is 95.1 Å². The number of nitrogens with zero attached hydrogens (tertiary/aromatic N) is 1. The third-order valence-electron chi connectivity index (χ3n) is 2.11. The van der Waals surface area contributed by atoms with Gasteiger partial charge in [-0.15, -0.1) is 0 Å². The monoisotopic (exact) mass is 267 g/mol. The van der Waals surface area contributed by atoms with E-state index in [4.69, 9.17) is 0 Å². The number of halogens is 1. The summed E-state index contributed by atoms with van der Waals surface area (Å²) in [4.78, 5) is 7.06. The van der Waals surface area contributed by atoms with Crippen LogP contribution >= 0.6 is 15.9 Å². The van der Waals surface area contributed by atoms with Gasteiger partial charge in [-0.1, -0.05) is 25.7 Å². The normalized spacial score (nSPS) is 10.6. The van der Waals surface area contributed by atoms with E-state index in [-0.39, 0.29) is 0 Å². The quantitative estimate of drug-likeness (QED) is 0.563. The van der Waals surface area contributed by atoms with Gasteiger partial charge in [0.2, 0.25) is 0 Å². The Bertz CT molecular complexity index is 396. The lowest BCUT2D eigenvalue weighted by molar-refractivity contribution is 1.24. The fourth-order valence-corrected chi connectivity index (χ4v) is 2.45. The zero-order valence-electron chi connectivity index (χ0n) is 8.98. The molecular formula is C11H14BrNSi. The van der Waals surface area contributed by atoms with Gasteiger partial charge in [0.1, 0.15) is 5.69 Å². The zero-order chi connectivity index (χ0) is 10.8. The highest BCUT2D eigenvalue weighted by Crippen LogP contribution is 2.06. The molecule has 3 heteroatoms. The van der Waals surface area contributed by atoms with Gasteiger partial charge in [-0.3, -0.25) is 0 Å². The third kappa shape index (κ3) is 2.70. The van der Waals surface area contributed by atoms with Crippen LogP contribution in [0, 0.1) is 17.7 Å². The summed E-state index contributed by atoms with van der Waals surface area (Å²) in [5, 5.41) is 1.38. The van der Waals surface area contributed by atoms with E-state index in [9.17, 15) is 0 Å². The molecule has 0 fully saturated rings. The van der Waals surface area contributed by atoms with E-state index in [0.717, 1.165) is 11.3 Å². The Kier molecular flexibility index (Phi) is 3.52. The Morgan fingerprint density at radius 2 is 2.00 bits per heavy atom. The number of rotatable bonds is 1. The van der Waals surface area contributed by atoms with Crippen LogP contribution in [0.4, 0.5) is 0 Å². The molecule has 0 atom stereocenters. The molecule has 0 bridgehead atoms. The summed E-state index contributed by atoms with van der Waals surface area (Å²) in [6.45, 7) is 9.02. The lowest BCUT2D eigenvalue weighted by Gasteiger charge is -2.16. The van der Waals surface area contributed by atoms with Gasteiger partial charge in [-0.25, -0.2) is 4.98 Å². The largest absolute Gasteiger partial charge is 0.248 e. The second-order valence-corrected chi connectivity index (χ2v) is 9.83. The highest BCUT2D eigenvalue weighted by molar-refractivity contribution is 9.12. The van der Waals surface area contributed by atoms with Crippen LogP contribution in [0.1, 0.15) is 11.3 Å².